The van der Waals surface area contributed by atoms with Gasteiger partial charge in [-0.25, -0.2) is 13.2 Å². The Bertz CT molecular complexity index is 1020. The zero-order valence-corrected chi connectivity index (χ0v) is 18.0. The standard InChI is InChI=1S/C21H26N2O5S/c1-13(2)22-20(24)16(5)28-21(25)17-10-9-15(4)19(12-17)29(26,27)23-18-8-6-7-14(3)11-18/h6-13,16,23H,1-5H3,(H,22,24)/t16-/m1/s1. The van der Waals surface area contributed by atoms with Gasteiger partial charge in [0.05, 0.1) is 10.5 Å². The molecule has 0 aromatic heterocycles. The maximum atomic E-state index is 12.8. The normalized spacial score (nSPS) is 12.3. The van der Waals surface area contributed by atoms with Crippen LogP contribution in [0.5, 0.6) is 0 Å². The molecule has 156 valence electrons. The smallest absolute Gasteiger partial charge is 0.338 e. The summed E-state index contributed by atoms with van der Waals surface area (Å²) in [6.07, 6.45) is -1.00. The van der Waals surface area contributed by atoms with E-state index >= 15 is 0 Å². The van der Waals surface area contributed by atoms with Gasteiger partial charge in [0.15, 0.2) is 6.10 Å². The van der Waals surface area contributed by atoms with E-state index in [4.69, 9.17) is 4.74 Å². The number of sulfonamides is 1. The molecule has 0 spiro atoms. The molecule has 7 nitrogen and oxygen atoms in total. The number of amides is 1. The van der Waals surface area contributed by atoms with Gasteiger partial charge in [-0.15, -0.1) is 0 Å². The maximum Gasteiger partial charge on any atom is 0.338 e. The highest BCUT2D eigenvalue weighted by Crippen LogP contribution is 2.22. The fourth-order valence-corrected chi connectivity index (χ4v) is 3.94. The molecule has 0 saturated heterocycles. The summed E-state index contributed by atoms with van der Waals surface area (Å²) >= 11 is 0. The fourth-order valence-electron chi connectivity index (χ4n) is 2.62. The van der Waals surface area contributed by atoms with Gasteiger partial charge >= 0.3 is 5.97 Å². The molecule has 0 aliphatic carbocycles. The Labute approximate surface area is 171 Å². The van der Waals surface area contributed by atoms with Gasteiger partial charge in [0.2, 0.25) is 0 Å². The van der Waals surface area contributed by atoms with Crippen LogP contribution < -0.4 is 10.0 Å². The third-order valence-corrected chi connectivity index (χ3v) is 5.59. The summed E-state index contributed by atoms with van der Waals surface area (Å²) in [5.41, 5.74) is 1.86. The van der Waals surface area contributed by atoms with E-state index in [-0.39, 0.29) is 16.5 Å². The van der Waals surface area contributed by atoms with Crippen LogP contribution in [0.4, 0.5) is 5.69 Å². The van der Waals surface area contributed by atoms with E-state index in [0.717, 1.165) is 5.56 Å². The molecule has 2 aromatic rings. The van der Waals surface area contributed by atoms with E-state index in [9.17, 15) is 18.0 Å². The molecular weight excluding hydrogens is 392 g/mol. The van der Waals surface area contributed by atoms with E-state index < -0.39 is 28.0 Å². The molecule has 1 amide bonds. The van der Waals surface area contributed by atoms with Crippen LogP contribution in [0.1, 0.15) is 42.3 Å². The molecule has 0 aliphatic rings. The zero-order chi connectivity index (χ0) is 21.8. The van der Waals surface area contributed by atoms with Gasteiger partial charge in [0.25, 0.3) is 15.9 Å². The van der Waals surface area contributed by atoms with Crippen LogP contribution in [0.2, 0.25) is 0 Å². The number of rotatable bonds is 7. The summed E-state index contributed by atoms with van der Waals surface area (Å²) in [5, 5.41) is 2.65. The Morgan fingerprint density at radius 3 is 2.31 bits per heavy atom. The number of benzene rings is 2. The molecule has 0 unspecified atom stereocenters. The highest BCUT2D eigenvalue weighted by atomic mass is 32.2. The van der Waals surface area contributed by atoms with Crippen molar-refractivity contribution in [1.29, 1.82) is 0 Å². The van der Waals surface area contributed by atoms with Gasteiger partial charge in [0.1, 0.15) is 0 Å². The summed E-state index contributed by atoms with van der Waals surface area (Å²) < 4.78 is 33.4. The van der Waals surface area contributed by atoms with Crippen molar-refractivity contribution < 1.29 is 22.7 Å². The summed E-state index contributed by atoms with van der Waals surface area (Å²) in [6.45, 7) is 8.55. The predicted molar refractivity (Wildman–Crippen MR) is 111 cm³/mol. The van der Waals surface area contributed by atoms with Crippen LogP contribution in [-0.4, -0.2) is 32.4 Å². The molecule has 1 atom stereocenters. The third kappa shape index (κ3) is 6.05. The van der Waals surface area contributed by atoms with Crippen molar-refractivity contribution in [3.63, 3.8) is 0 Å². The van der Waals surface area contributed by atoms with Crippen LogP contribution in [0, 0.1) is 13.8 Å². The number of esters is 1. The Balaban J connectivity index is 2.24. The van der Waals surface area contributed by atoms with Crippen molar-refractivity contribution in [3.05, 3.63) is 59.2 Å². The van der Waals surface area contributed by atoms with Crippen molar-refractivity contribution in [2.75, 3.05) is 4.72 Å². The van der Waals surface area contributed by atoms with Crippen molar-refractivity contribution in [1.82, 2.24) is 5.32 Å². The van der Waals surface area contributed by atoms with Crippen LogP contribution in [0.25, 0.3) is 0 Å². The number of aryl methyl sites for hydroxylation is 2. The monoisotopic (exact) mass is 418 g/mol. The van der Waals surface area contributed by atoms with E-state index in [2.05, 4.69) is 10.0 Å². The molecule has 0 radical (unpaired) electrons. The first-order valence-corrected chi connectivity index (χ1v) is 10.7. The minimum atomic E-state index is -3.91. The topological polar surface area (TPSA) is 102 Å². The number of hydrogen-bond acceptors (Lipinski definition) is 5. The Hall–Kier alpha value is -2.87. The largest absolute Gasteiger partial charge is 0.449 e. The molecule has 0 fully saturated rings. The van der Waals surface area contributed by atoms with Gasteiger partial charge < -0.3 is 10.1 Å². The minimum Gasteiger partial charge on any atom is -0.449 e. The van der Waals surface area contributed by atoms with E-state index in [0.29, 0.717) is 11.3 Å². The lowest BCUT2D eigenvalue weighted by Gasteiger charge is -2.16. The summed E-state index contributed by atoms with van der Waals surface area (Å²) in [5.74, 6) is -1.20. The first-order valence-electron chi connectivity index (χ1n) is 9.21. The lowest BCUT2D eigenvalue weighted by molar-refractivity contribution is -0.129. The molecule has 29 heavy (non-hydrogen) atoms. The number of carbonyl (C=O) groups excluding carboxylic acids is 2. The third-order valence-electron chi connectivity index (χ3n) is 4.07. The second kappa shape index (κ2) is 9.09. The second-order valence-corrected chi connectivity index (χ2v) is 8.82. The molecule has 2 N–H and O–H groups in total. The number of anilines is 1. The van der Waals surface area contributed by atoms with Gasteiger partial charge in [-0.2, -0.15) is 0 Å². The van der Waals surface area contributed by atoms with Crippen LogP contribution in [0.3, 0.4) is 0 Å². The van der Waals surface area contributed by atoms with Gasteiger partial charge in [-0.05, 0) is 70.0 Å². The van der Waals surface area contributed by atoms with Crippen molar-refractivity contribution >= 4 is 27.6 Å². The van der Waals surface area contributed by atoms with Crippen molar-refractivity contribution in [3.8, 4) is 0 Å². The number of hydrogen-bond donors (Lipinski definition) is 2. The molecule has 0 heterocycles. The first kappa shape index (κ1) is 22.4. The summed E-state index contributed by atoms with van der Waals surface area (Å²) in [6, 6.07) is 11.1. The average Bonchev–Trinajstić information content (AvgIpc) is 2.60. The maximum absolute atomic E-state index is 12.8. The quantitative estimate of drug-likeness (QED) is 0.673. The summed E-state index contributed by atoms with van der Waals surface area (Å²) in [4.78, 5) is 24.3. The second-order valence-electron chi connectivity index (χ2n) is 7.17. The SMILES string of the molecule is Cc1cccc(NS(=O)(=O)c2cc(C(=O)O[C@H](C)C(=O)NC(C)C)ccc2C)c1. The fraction of sp³-hybridized carbons (Fsp3) is 0.333. The van der Waals surface area contributed by atoms with Crippen LogP contribution in [0.15, 0.2) is 47.4 Å². The molecule has 0 saturated carbocycles. The molecule has 2 aromatic carbocycles. The predicted octanol–water partition coefficient (Wildman–Crippen LogP) is 3.17. The average molecular weight is 419 g/mol. The molecule has 0 aliphatic heterocycles. The van der Waals surface area contributed by atoms with Crippen LogP contribution in [-0.2, 0) is 19.6 Å². The van der Waals surface area contributed by atoms with E-state index in [1.54, 1.807) is 39.0 Å². The highest BCUT2D eigenvalue weighted by molar-refractivity contribution is 7.92. The first-order chi connectivity index (χ1) is 13.5. The summed E-state index contributed by atoms with van der Waals surface area (Å²) in [7, 11) is -3.91. The van der Waals surface area contributed by atoms with Gasteiger partial charge in [-0.1, -0.05) is 18.2 Å². The number of nitrogens with one attached hydrogen (secondary N) is 2. The minimum absolute atomic E-state index is 0.0345. The van der Waals surface area contributed by atoms with Gasteiger partial charge in [0, 0.05) is 11.7 Å². The Kier molecular flexibility index (Phi) is 7.02. The Morgan fingerprint density at radius 2 is 1.69 bits per heavy atom. The van der Waals surface area contributed by atoms with E-state index in [1.165, 1.54) is 25.1 Å². The molecule has 2 rings (SSSR count). The lowest BCUT2D eigenvalue weighted by Crippen LogP contribution is -2.39. The number of carbonyl (C=O) groups is 2. The number of ether oxygens (including phenoxy) is 1. The molecule has 0 bridgehead atoms. The molecule has 8 heteroatoms. The van der Waals surface area contributed by atoms with E-state index in [1.807, 2.05) is 13.0 Å². The van der Waals surface area contributed by atoms with Crippen molar-refractivity contribution in [2.24, 2.45) is 0 Å². The van der Waals surface area contributed by atoms with Crippen LogP contribution >= 0.6 is 0 Å². The molecular formula is C21H26N2O5S. The lowest BCUT2D eigenvalue weighted by atomic mass is 10.1. The zero-order valence-electron chi connectivity index (χ0n) is 17.1. The highest BCUT2D eigenvalue weighted by Gasteiger charge is 2.23. The van der Waals surface area contributed by atoms with Crippen molar-refractivity contribution in [2.45, 2.75) is 51.7 Å². The van der Waals surface area contributed by atoms with Gasteiger partial charge in [-0.3, -0.25) is 9.52 Å². The Morgan fingerprint density at radius 1 is 1.00 bits per heavy atom.